The Morgan fingerprint density at radius 2 is 2.00 bits per heavy atom. The molecule has 2 N–H and O–H groups in total. The van der Waals surface area contributed by atoms with Crippen LogP contribution in [0.3, 0.4) is 0 Å². The van der Waals surface area contributed by atoms with Gasteiger partial charge in [-0.3, -0.25) is 19.3 Å². The van der Waals surface area contributed by atoms with Crippen molar-refractivity contribution in [2.75, 3.05) is 31.6 Å². The molecule has 1 atom stereocenters. The highest BCUT2D eigenvalue weighted by molar-refractivity contribution is 6.03. The smallest absolute Gasteiger partial charge is 0.307 e. The maximum atomic E-state index is 12.6. The third kappa shape index (κ3) is 4.86. The first-order valence-electron chi connectivity index (χ1n) is 9.53. The fourth-order valence-electron chi connectivity index (χ4n) is 3.31. The van der Waals surface area contributed by atoms with Gasteiger partial charge in [0.1, 0.15) is 6.04 Å². The number of piperazine rings is 1. The number of amides is 2. The predicted octanol–water partition coefficient (Wildman–Crippen LogP) is 1.92. The number of rotatable bonds is 7. The first-order chi connectivity index (χ1) is 13.6. The zero-order chi connectivity index (χ0) is 19.9. The highest BCUT2D eigenvalue weighted by Gasteiger charge is 2.33. The van der Waals surface area contributed by atoms with Crippen molar-refractivity contribution in [1.29, 1.82) is 0 Å². The van der Waals surface area contributed by atoms with Crippen LogP contribution in [-0.2, 0) is 19.1 Å². The van der Waals surface area contributed by atoms with Gasteiger partial charge in [0, 0.05) is 24.2 Å². The number of carbonyl (C=O) groups excluding carboxylic acids is 3. The number of nitrogens with one attached hydrogen (secondary N) is 2. The van der Waals surface area contributed by atoms with Gasteiger partial charge >= 0.3 is 5.97 Å². The van der Waals surface area contributed by atoms with Crippen LogP contribution in [0.1, 0.15) is 19.8 Å². The molecule has 2 aromatic carbocycles. The van der Waals surface area contributed by atoms with Crippen LogP contribution in [0.2, 0.25) is 0 Å². The fourth-order valence-corrected chi connectivity index (χ4v) is 3.31. The third-order valence-corrected chi connectivity index (χ3v) is 4.68. The molecule has 1 heterocycles. The first-order valence-corrected chi connectivity index (χ1v) is 9.53. The van der Waals surface area contributed by atoms with Crippen molar-refractivity contribution in [3.8, 4) is 0 Å². The van der Waals surface area contributed by atoms with Crippen LogP contribution >= 0.6 is 0 Å². The number of benzene rings is 2. The summed E-state index contributed by atoms with van der Waals surface area (Å²) in [6.07, 6.45) is 0.660. The number of anilines is 1. The molecule has 1 aliphatic rings. The molecular formula is C21H25N3O4. The molecule has 2 amide bonds. The van der Waals surface area contributed by atoms with Crippen molar-refractivity contribution in [2.24, 2.45) is 0 Å². The monoisotopic (exact) mass is 383 g/mol. The molecular weight excluding hydrogens is 358 g/mol. The van der Waals surface area contributed by atoms with Gasteiger partial charge in [-0.25, -0.2) is 0 Å². The second-order valence-corrected chi connectivity index (χ2v) is 6.78. The van der Waals surface area contributed by atoms with Gasteiger partial charge in [-0.15, -0.1) is 0 Å². The molecule has 1 aliphatic heterocycles. The Labute approximate surface area is 164 Å². The third-order valence-electron chi connectivity index (χ3n) is 4.68. The van der Waals surface area contributed by atoms with E-state index in [1.165, 1.54) is 0 Å². The van der Waals surface area contributed by atoms with E-state index in [4.69, 9.17) is 4.74 Å². The van der Waals surface area contributed by atoms with Crippen molar-refractivity contribution in [3.05, 3.63) is 42.5 Å². The van der Waals surface area contributed by atoms with E-state index >= 15 is 0 Å². The fraction of sp³-hybridized carbons (Fsp3) is 0.381. The lowest BCUT2D eigenvalue weighted by molar-refractivity contribution is -0.148. The van der Waals surface area contributed by atoms with Gasteiger partial charge in [0.05, 0.1) is 19.6 Å². The molecule has 0 saturated carbocycles. The predicted molar refractivity (Wildman–Crippen MR) is 107 cm³/mol. The van der Waals surface area contributed by atoms with E-state index in [2.05, 4.69) is 10.6 Å². The van der Waals surface area contributed by atoms with Crippen molar-refractivity contribution < 1.29 is 19.1 Å². The van der Waals surface area contributed by atoms with Crippen molar-refractivity contribution >= 4 is 34.2 Å². The molecule has 3 rings (SSSR count). The lowest BCUT2D eigenvalue weighted by Gasteiger charge is -2.33. The van der Waals surface area contributed by atoms with Gasteiger partial charge in [0.2, 0.25) is 11.8 Å². The summed E-state index contributed by atoms with van der Waals surface area (Å²) in [4.78, 5) is 38.6. The van der Waals surface area contributed by atoms with Crippen molar-refractivity contribution in [3.63, 3.8) is 0 Å². The lowest BCUT2D eigenvalue weighted by Crippen LogP contribution is -2.57. The van der Waals surface area contributed by atoms with E-state index in [1.54, 1.807) is 4.90 Å². The summed E-state index contributed by atoms with van der Waals surface area (Å²) in [6, 6.07) is 12.8. The summed E-state index contributed by atoms with van der Waals surface area (Å²) in [5.74, 6) is -0.904. The SMILES string of the molecule is CCCOC(=O)CC1C(=O)NCCN1CC(=O)Nc1cccc2ccccc12. The maximum absolute atomic E-state index is 12.6. The minimum atomic E-state index is -0.698. The normalized spacial score (nSPS) is 17.2. The molecule has 2 aromatic rings. The van der Waals surface area contributed by atoms with E-state index in [1.807, 2.05) is 49.4 Å². The number of fused-ring (bicyclic) bond motifs is 1. The van der Waals surface area contributed by atoms with Gasteiger partial charge < -0.3 is 15.4 Å². The molecule has 1 fully saturated rings. The molecule has 0 spiro atoms. The van der Waals surface area contributed by atoms with Crippen molar-refractivity contribution in [1.82, 2.24) is 10.2 Å². The van der Waals surface area contributed by atoms with E-state index in [9.17, 15) is 14.4 Å². The molecule has 148 valence electrons. The average Bonchev–Trinajstić information content (AvgIpc) is 2.69. The summed E-state index contributed by atoms with van der Waals surface area (Å²) >= 11 is 0. The Bertz CT molecular complexity index is 862. The van der Waals surface area contributed by atoms with Crippen LogP contribution < -0.4 is 10.6 Å². The Morgan fingerprint density at radius 3 is 2.82 bits per heavy atom. The maximum Gasteiger partial charge on any atom is 0.307 e. The number of hydrogen-bond donors (Lipinski definition) is 2. The number of esters is 1. The number of carbonyl (C=O) groups is 3. The minimum absolute atomic E-state index is 0.0301. The Kier molecular flexibility index (Phi) is 6.60. The molecule has 7 heteroatoms. The van der Waals surface area contributed by atoms with Gasteiger partial charge in [-0.1, -0.05) is 43.3 Å². The molecule has 0 bridgehead atoms. The second-order valence-electron chi connectivity index (χ2n) is 6.78. The van der Waals surface area contributed by atoms with Crippen LogP contribution in [0.5, 0.6) is 0 Å². The van der Waals surface area contributed by atoms with Crippen LogP contribution in [-0.4, -0.2) is 55.0 Å². The largest absolute Gasteiger partial charge is 0.466 e. The molecule has 0 aromatic heterocycles. The topological polar surface area (TPSA) is 87.7 Å². The summed E-state index contributed by atoms with van der Waals surface area (Å²) in [5, 5.41) is 7.67. The first kappa shape index (κ1) is 19.8. The molecule has 28 heavy (non-hydrogen) atoms. The zero-order valence-corrected chi connectivity index (χ0v) is 15.9. The summed E-state index contributed by atoms with van der Waals surface area (Å²) in [5.41, 5.74) is 0.725. The van der Waals surface area contributed by atoms with E-state index in [-0.39, 0.29) is 24.8 Å². The van der Waals surface area contributed by atoms with Gasteiger partial charge in [0.25, 0.3) is 0 Å². The quantitative estimate of drug-likeness (QED) is 0.714. The van der Waals surface area contributed by atoms with Crippen molar-refractivity contribution in [2.45, 2.75) is 25.8 Å². The van der Waals surface area contributed by atoms with Gasteiger partial charge in [-0.2, -0.15) is 0 Å². The molecule has 0 aliphatic carbocycles. The van der Waals surface area contributed by atoms with E-state index in [0.717, 1.165) is 22.9 Å². The molecule has 1 saturated heterocycles. The number of nitrogens with zero attached hydrogens (tertiary/aromatic N) is 1. The Hall–Kier alpha value is -2.93. The zero-order valence-electron chi connectivity index (χ0n) is 15.9. The molecule has 0 radical (unpaired) electrons. The van der Waals surface area contributed by atoms with E-state index < -0.39 is 12.0 Å². The molecule has 7 nitrogen and oxygen atoms in total. The highest BCUT2D eigenvalue weighted by atomic mass is 16.5. The lowest BCUT2D eigenvalue weighted by atomic mass is 10.1. The molecule has 1 unspecified atom stereocenters. The number of hydrogen-bond acceptors (Lipinski definition) is 5. The van der Waals surface area contributed by atoms with Crippen LogP contribution in [0, 0.1) is 0 Å². The van der Waals surface area contributed by atoms with Crippen LogP contribution in [0.15, 0.2) is 42.5 Å². The average molecular weight is 383 g/mol. The summed E-state index contributed by atoms with van der Waals surface area (Å²) in [6.45, 7) is 3.21. The van der Waals surface area contributed by atoms with Gasteiger partial charge in [-0.05, 0) is 17.9 Å². The van der Waals surface area contributed by atoms with E-state index in [0.29, 0.717) is 19.7 Å². The van der Waals surface area contributed by atoms with Gasteiger partial charge in [0.15, 0.2) is 0 Å². The standard InChI is InChI=1S/C21H25N3O4/c1-2-12-28-20(26)13-18-21(27)22-10-11-24(18)14-19(25)23-17-9-5-7-15-6-3-4-8-16(15)17/h3-9,18H,2,10-14H2,1H3,(H,22,27)(H,23,25). The highest BCUT2D eigenvalue weighted by Crippen LogP contribution is 2.23. The van der Waals surface area contributed by atoms with Crippen LogP contribution in [0.25, 0.3) is 10.8 Å². The summed E-state index contributed by atoms with van der Waals surface area (Å²) < 4.78 is 5.09. The Morgan fingerprint density at radius 1 is 1.21 bits per heavy atom. The number of ether oxygens (including phenoxy) is 1. The summed E-state index contributed by atoms with van der Waals surface area (Å²) in [7, 11) is 0. The Balaban J connectivity index is 1.66. The minimum Gasteiger partial charge on any atom is -0.466 e. The second kappa shape index (κ2) is 9.32. The van der Waals surface area contributed by atoms with Crippen LogP contribution in [0.4, 0.5) is 5.69 Å².